The second-order valence-electron chi connectivity index (χ2n) is 3.59. The molecule has 0 bridgehead atoms. The molecule has 0 unspecified atom stereocenters. The van der Waals surface area contributed by atoms with Crippen LogP contribution in [0.2, 0.25) is 5.31 Å². The molecule has 2 nitrogen and oxygen atoms in total. The normalized spacial score (nSPS) is 32.8. The summed E-state index contributed by atoms with van der Waals surface area (Å²) in [5, 5.41) is -1.79. The quantitative estimate of drug-likeness (QED) is 0.509. The van der Waals surface area contributed by atoms with Crippen LogP contribution in [0.25, 0.3) is 0 Å². The Hall–Kier alpha value is -0.675. The highest BCUT2D eigenvalue weighted by molar-refractivity contribution is 6.63. The van der Waals surface area contributed by atoms with Gasteiger partial charge < -0.3 is 17.7 Å². The Bertz CT molecular complexity index is 228. The van der Waals surface area contributed by atoms with Gasteiger partial charge in [-0.25, -0.2) is 0 Å². The van der Waals surface area contributed by atoms with E-state index in [-0.39, 0.29) is 13.0 Å². The van der Waals surface area contributed by atoms with Crippen molar-refractivity contribution in [1.82, 2.24) is 0 Å². The molecule has 0 radical (unpaired) electrons. The van der Waals surface area contributed by atoms with Gasteiger partial charge in [0.05, 0.1) is 6.61 Å². The molecule has 0 aliphatic heterocycles. The molecule has 0 aromatic heterocycles. The molecule has 0 saturated heterocycles. The van der Waals surface area contributed by atoms with Crippen LogP contribution < -0.4 is 0 Å². The van der Waals surface area contributed by atoms with E-state index in [0.29, 0.717) is 0 Å². The molecule has 0 aromatic carbocycles. The molecule has 0 aromatic rings. The first kappa shape index (κ1) is 10.4. The smallest absolute Gasteiger partial charge is 0.466 e. The molecular weight excluding hydrogens is 184 g/mol. The summed E-state index contributed by atoms with van der Waals surface area (Å²) in [6.07, 6.45) is -0.116. The third-order valence-corrected chi connectivity index (χ3v) is 2.60. The maximum atomic E-state index is 12.3. The fourth-order valence-electron chi connectivity index (χ4n) is 1.34. The highest BCUT2D eigenvalue weighted by Crippen LogP contribution is 2.67. The number of hydrogen-bond acceptors (Lipinski definition) is 2. The summed E-state index contributed by atoms with van der Waals surface area (Å²) < 4.78 is 41.5. The average molecular weight is 195 g/mol. The number of esters is 1. The fourth-order valence-corrected chi connectivity index (χ4v) is 1.34. The molecule has 1 aliphatic rings. The van der Waals surface area contributed by atoms with E-state index in [0.717, 1.165) is 6.92 Å². The Morgan fingerprint density at radius 1 is 1.62 bits per heavy atom. The van der Waals surface area contributed by atoms with Crippen LogP contribution >= 0.6 is 0 Å². The molecule has 1 fully saturated rings. The van der Waals surface area contributed by atoms with Gasteiger partial charge in [0.1, 0.15) is 0 Å². The Labute approximate surface area is 74.5 Å². The summed E-state index contributed by atoms with van der Waals surface area (Å²) in [5.41, 5.74) is 0. The zero-order valence-corrected chi connectivity index (χ0v) is 7.52. The fraction of sp³-hybridized carbons (Fsp3) is 0.857. The first-order chi connectivity index (χ1) is 5.83. The minimum atomic E-state index is -4.93. The van der Waals surface area contributed by atoms with Crippen molar-refractivity contribution >= 4 is 12.9 Å². The second-order valence-corrected chi connectivity index (χ2v) is 3.59. The lowest BCUT2D eigenvalue weighted by Gasteiger charge is -2.22. The van der Waals surface area contributed by atoms with Crippen LogP contribution in [0, 0.1) is 5.92 Å². The van der Waals surface area contributed by atoms with Gasteiger partial charge in [-0.3, -0.25) is 4.79 Å². The Kier molecular flexibility index (Phi) is 2.34. The van der Waals surface area contributed by atoms with Crippen molar-refractivity contribution in [3.63, 3.8) is 0 Å². The van der Waals surface area contributed by atoms with Crippen molar-refractivity contribution in [2.75, 3.05) is 6.61 Å². The minimum Gasteiger partial charge on any atom is -0.466 e. The van der Waals surface area contributed by atoms with E-state index in [1.165, 1.54) is 0 Å². The predicted octanol–water partition coefficient (Wildman–Crippen LogP) is 2.18. The largest absolute Gasteiger partial charge is 0.485 e. The Balaban J connectivity index is 2.58. The summed E-state index contributed by atoms with van der Waals surface area (Å²) in [7, 11) is 0. The molecule has 0 spiro atoms. The lowest BCUT2D eigenvalue weighted by molar-refractivity contribution is -0.145. The van der Waals surface area contributed by atoms with Crippen LogP contribution in [0.5, 0.6) is 0 Å². The average Bonchev–Trinajstić information content (AvgIpc) is 2.63. The second kappa shape index (κ2) is 2.92. The summed E-state index contributed by atoms with van der Waals surface area (Å²) in [6, 6.07) is 0. The van der Waals surface area contributed by atoms with E-state index in [1.807, 2.05) is 0 Å². The van der Waals surface area contributed by atoms with E-state index < -0.39 is 24.2 Å². The van der Waals surface area contributed by atoms with Crippen molar-refractivity contribution in [1.29, 1.82) is 0 Å². The molecule has 0 amide bonds. The molecule has 2 atom stereocenters. The van der Waals surface area contributed by atoms with Gasteiger partial charge in [-0.15, -0.1) is 0 Å². The zero-order chi connectivity index (χ0) is 10.3. The van der Waals surface area contributed by atoms with E-state index in [2.05, 4.69) is 4.74 Å². The highest BCUT2D eigenvalue weighted by Gasteiger charge is 2.65. The van der Waals surface area contributed by atoms with Gasteiger partial charge in [0, 0.05) is 5.92 Å². The van der Waals surface area contributed by atoms with Crippen LogP contribution in [0.1, 0.15) is 20.3 Å². The van der Waals surface area contributed by atoms with Crippen LogP contribution in [-0.2, 0) is 9.53 Å². The molecule has 6 heteroatoms. The first-order valence-corrected chi connectivity index (χ1v) is 4.19. The summed E-state index contributed by atoms with van der Waals surface area (Å²) >= 11 is 0. The van der Waals surface area contributed by atoms with Crippen LogP contribution in [-0.4, -0.2) is 19.6 Å². The Morgan fingerprint density at radius 2 is 2.15 bits per heavy atom. The minimum absolute atomic E-state index is 0.116. The number of carbonyl (C=O) groups is 1. The summed E-state index contributed by atoms with van der Waals surface area (Å²) in [6.45, 7) is -2.14. The van der Waals surface area contributed by atoms with Crippen molar-refractivity contribution in [3.8, 4) is 0 Å². The lowest BCUT2D eigenvalue weighted by atomic mass is 9.68. The number of rotatable bonds is 3. The van der Waals surface area contributed by atoms with Gasteiger partial charge in [0.2, 0.25) is 0 Å². The number of halogens is 3. The summed E-state index contributed by atoms with van der Waals surface area (Å²) in [4.78, 5) is 11.0. The van der Waals surface area contributed by atoms with E-state index in [4.69, 9.17) is 0 Å². The third-order valence-electron chi connectivity index (χ3n) is 2.60. The van der Waals surface area contributed by atoms with Gasteiger partial charge in [-0.1, -0.05) is 18.7 Å². The molecular formula is C7H11BF3O2-. The highest BCUT2D eigenvalue weighted by atomic mass is 19.4. The maximum Gasteiger partial charge on any atom is 0.485 e. The Morgan fingerprint density at radius 3 is 2.46 bits per heavy atom. The van der Waals surface area contributed by atoms with Gasteiger partial charge in [-0.2, -0.15) is 0 Å². The molecule has 1 saturated carbocycles. The van der Waals surface area contributed by atoms with Gasteiger partial charge >= 0.3 is 12.9 Å². The van der Waals surface area contributed by atoms with Crippen molar-refractivity contribution < 1.29 is 22.5 Å². The number of ether oxygens (including phenoxy) is 1. The van der Waals surface area contributed by atoms with Crippen LogP contribution in [0.15, 0.2) is 0 Å². The topological polar surface area (TPSA) is 26.3 Å². The molecule has 0 N–H and O–H groups in total. The zero-order valence-electron chi connectivity index (χ0n) is 7.52. The van der Waals surface area contributed by atoms with Crippen molar-refractivity contribution in [3.05, 3.63) is 0 Å². The van der Waals surface area contributed by atoms with E-state index in [1.54, 1.807) is 6.92 Å². The first-order valence-electron chi connectivity index (χ1n) is 4.19. The molecule has 1 aliphatic carbocycles. The number of hydrogen-bond donors (Lipinski definition) is 0. The molecule has 1 rings (SSSR count). The van der Waals surface area contributed by atoms with Crippen LogP contribution in [0.4, 0.5) is 12.9 Å². The van der Waals surface area contributed by atoms with Gasteiger partial charge in [0.25, 0.3) is 0 Å². The van der Waals surface area contributed by atoms with E-state index in [9.17, 15) is 17.7 Å². The van der Waals surface area contributed by atoms with Crippen LogP contribution in [0.3, 0.4) is 0 Å². The predicted molar refractivity (Wildman–Crippen MR) is 42.2 cm³/mol. The maximum absolute atomic E-state index is 12.3. The SMILES string of the molecule is CCOC(=O)[C@@H]1C[C@]1(C)[B-](F)(F)F. The van der Waals surface area contributed by atoms with Gasteiger partial charge in [0.15, 0.2) is 0 Å². The molecule has 0 heterocycles. The van der Waals surface area contributed by atoms with Crippen molar-refractivity contribution in [2.24, 2.45) is 5.92 Å². The third kappa shape index (κ3) is 1.66. The van der Waals surface area contributed by atoms with Gasteiger partial charge in [-0.05, 0) is 6.92 Å². The molecule has 76 valence electrons. The lowest BCUT2D eigenvalue weighted by Crippen LogP contribution is -2.27. The standard InChI is InChI=1S/C7H11BF3O2/c1-3-13-6(12)5-4-7(5,2)8(9,10)11/h5H,3-4H2,1-2H3/q-1/t5-,7-/m0/s1. The number of carbonyl (C=O) groups excluding carboxylic acids is 1. The van der Waals surface area contributed by atoms with E-state index >= 15 is 0 Å². The molecule has 13 heavy (non-hydrogen) atoms. The van der Waals surface area contributed by atoms with Crippen molar-refractivity contribution in [2.45, 2.75) is 25.6 Å². The summed E-state index contributed by atoms with van der Waals surface area (Å²) in [5.74, 6) is -1.68. The monoisotopic (exact) mass is 195 g/mol.